The highest BCUT2D eigenvalue weighted by Gasteiger charge is 2.19. The van der Waals surface area contributed by atoms with Crippen LogP contribution < -0.4 is 11.1 Å². The Hall–Kier alpha value is -1.42. The number of nitrogens with zero attached hydrogens (tertiary/aromatic N) is 1. The molecule has 0 aromatic heterocycles. The van der Waals surface area contributed by atoms with Crippen LogP contribution in [0.2, 0.25) is 0 Å². The van der Waals surface area contributed by atoms with Gasteiger partial charge in [-0.05, 0) is 23.3 Å². The molecule has 0 aliphatic carbocycles. The van der Waals surface area contributed by atoms with Crippen LogP contribution >= 0.6 is 11.8 Å². The highest BCUT2D eigenvalue weighted by atomic mass is 32.2. The molecule has 0 spiro atoms. The van der Waals surface area contributed by atoms with Gasteiger partial charge in [0.05, 0.1) is 6.54 Å². The molecule has 0 amide bonds. The average molecular weight is 261 g/mol. The number of aryl methyl sites for hydroxylation is 1. The third-order valence-electron chi connectivity index (χ3n) is 2.95. The third-order valence-corrected chi connectivity index (χ3v) is 4.19. The van der Waals surface area contributed by atoms with Crippen molar-refractivity contribution >= 4 is 17.7 Å². The van der Waals surface area contributed by atoms with Crippen LogP contribution in [0.4, 0.5) is 0 Å². The zero-order valence-electron chi connectivity index (χ0n) is 10.4. The van der Waals surface area contributed by atoms with E-state index in [0.29, 0.717) is 17.8 Å². The number of nitrogens with two attached hydrogens (primary N) is 1. The first-order valence-electron chi connectivity index (χ1n) is 6.15. The summed E-state index contributed by atoms with van der Waals surface area (Å²) in [5, 5.41) is 3.43. The van der Waals surface area contributed by atoms with E-state index in [1.165, 1.54) is 11.1 Å². The molecule has 1 heterocycles. The minimum absolute atomic E-state index is 0.430. The van der Waals surface area contributed by atoms with E-state index in [2.05, 4.69) is 41.2 Å². The molecule has 1 aromatic rings. The van der Waals surface area contributed by atoms with Crippen LogP contribution in [0.15, 0.2) is 41.9 Å². The van der Waals surface area contributed by atoms with Crippen molar-refractivity contribution in [1.29, 1.82) is 0 Å². The molecule has 1 unspecified atom stereocenters. The molecule has 4 heteroatoms. The molecule has 3 N–H and O–H groups in total. The number of nitrogens with one attached hydrogen (secondary N) is 1. The fourth-order valence-electron chi connectivity index (χ4n) is 2.04. The number of hydrogen-bond acceptors (Lipinski definition) is 2. The number of benzene rings is 1. The molecule has 1 aliphatic rings. The van der Waals surface area contributed by atoms with Gasteiger partial charge in [-0.25, -0.2) is 0 Å². The summed E-state index contributed by atoms with van der Waals surface area (Å²) in [5.41, 5.74) is 8.64. The van der Waals surface area contributed by atoms with Gasteiger partial charge >= 0.3 is 0 Å². The van der Waals surface area contributed by atoms with Crippen molar-refractivity contribution < 1.29 is 0 Å². The fraction of sp³-hybridized carbons (Fsp3) is 0.357. The molecule has 96 valence electrons. The molecule has 18 heavy (non-hydrogen) atoms. The van der Waals surface area contributed by atoms with Crippen molar-refractivity contribution in [2.45, 2.75) is 11.7 Å². The number of aliphatic imine (C=N–C) groups is 1. The van der Waals surface area contributed by atoms with E-state index in [9.17, 15) is 0 Å². The Morgan fingerprint density at radius 3 is 3.22 bits per heavy atom. The quantitative estimate of drug-likeness (QED) is 0.496. The first-order valence-corrected chi connectivity index (χ1v) is 7.20. The molecule has 1 aromatic carbocycles. The second-order valence-electron chi connectivity index (χ2n) is 4.20. The largest absolute Gasteiger partial charge is 0.370 e. The number of thioether (sulfide) groups is 1. The summed E-state index contributed by atoms with van der Waals surface area (Å²) in [5.74, 6) is 1.66. The lowest BCUT2D eigenvalue weighted by Crippen LogP contribution is -2.32. The van der Waals surface area contributed by atoms with E-state index in [1.54, 1.807) is 6.08 Å². The van der Waals surface area contributed by atoms with Crippen molar-refractivity contribution in [2.24, 2.45) is 10.7 Å². The summed E-state index contributed by atoms with van der Waals surface area (Å²) in [6.07, 6.45) is 2.93. The Morgan fingerprint density at radius 2 is 2.39 bits per heavy atom. The summed E-state index contributed by atoms with van der Waals surface area (Å²) in [6.45, 7) is 5.03. The van der Waals surface area contributed by atoms with Gasteiger partial charge in [-0.2, -0.15) is 11.8 Å². The number of fused-ring (bicyclic) bond motifs is 1. The smallest absolute Gasteiger partial charge is 0.188 e. The molecule has 0 saturated carbocycles. The lowest BCUT2D eigenvalue weighted by molar-refractivity contribution is 0.879. The maximum absolute atomic E-state index is 5.78. The van der Waals surface area contributed by atoms with Crippen molar-refractivity contribution in [1.82, 2.24) is 5.32 Å². The zero-order chi connectivity index (χ0) is 12.8. The van der Waals surface area contributed by atoms with Crippen LogP contribution in [-0.4, -0.2) is 24.8 Å². The lowest BCUT2D eigenvalue weighted by Gasteiger charge is -2.23. The molecule has 1 aliphatic heterocycles. The Kier molecular flexibility index (Phi) is 4.70. The summed E-state index contributed by atoms with van der Waals surface area (Å²) in [4.78, 5) is 4.40. The van der Waals surface area contributed by atoms with Crippen LogP contribution in [0.1, 0.15) is 16.4 Å². The first-order chi connectivity index (χ1) is 8.81. The molecular formula is C14H19N3S. The highest BCUT2D eigenvalue weighted by Crippen LogP contribution is 2.36. The predicted molar refractivity (Wildman–Crippen MR) is 80.0 cm³/mol. The molecule has 3 nitrogen and oxygen atoms in total. The van der Waals surface area contributed by atoms with Crippen molar-refractivity contribution in [3.8, 4) is 0 Å². The number of hydrogen-bond donors (Lipinski definition) is 2. The van der Waals surface area contributed by atoms with Gasteiger partial charge in [0.25, 0.3) is 0 Å². The molecule has 2 rings (SSSR count). The minimum Gasteiger partial charge on any atom is -0.370 e. The van der Waals surface area contributed by atoms with Crippen LogP contribution in [0.3, 0.4) is 0 Å². The van der Waals surface area contributed by atoms with E-state index in [0.717, 1.165) is 18.7 Å². The lowest BCUT2D eigenvalue weighted by atomic mass is 10.0. The van der Waals surface area contributed by atoms with Gasteiger partial charge in [0.2, 0.25) is 0 Å². The maximum Gasteiger partial charge on any atom is 0.188 e. The van der Waals surface area contributed by atoms with Gasteiger partial charge in [-0.3, -0.25) is 4.99 Å². The van der Waals surface area contributed by atoms with Crippen molar-refractivity contribution in [3.63, 3.8) is 0 Å². The monoisotopic (exact) mass is 261 g/mol. The van der Waals surface area contributed by atoms with Gasteiger partial charge in [0.1, 0.15) is 0 Å². The number of rotatable bonds is 4. The van der Waals surface area contributed by atoms with E-state index < -0.39 is 0 Å². The number of guanidine groups is 1. The average Bonchev–Trinajstić information content (AvgIpc) is 2.42. The van der Waals surface area contributed by atoms with Crippen LogP contribution in [0.25, 0.3) is 0 Å². The predicted octanol–water partition coefficient (Wildman–Crippen LogP) is 2.11. The summed E-state index contributed by atoms with van der Waals surface area (Å²) in [7, 11) is 0. The Labute approximate surface area is 113 Å². The maximum atomic E-state index is 5.78. The van der Waals surface area contributed by atoms with Gasteiger partial charge < -0.3 is 11.1 Å². The molecule has 1 atom stereocenters. The second kappa shape index (κ2) is 6.50. The molecule has 0 radical (unpaired) electrons. The first kappa shape index (κ1) is 13.0. The summed E-state index contributed by atoms with van der Waals surface area (Å²) >= 11 is 1.96. The van der Waals surface area contributed by atoms with Gasteiger partial charge in [-0.15, -0.1) is 6.58 Å². The van der Waals surface area contributed by atoms with Gasteiger partial charge in [-0.1, -0.05) is 30.3 Å². The Balaban J connectivity index is 2.01. The fourth-order valence-corrected chi connectivity index (χ4v) is 3.25. The van der Waals surface area contributed by atoms with E-state index >= 15 is 0 Å². The van der Waals surface area contributed by atoms with E-state index in [1.807, 2.05) is 11.8 Å². The topological polar surface area (TPSA) is 50.4 Å². The molecule has 0 bridgehead atoms. The molecule has 0 saturated heterocycles. The Morgan fingerprint density at radius 1 is 1.56 bits per heavy atom. The second-order valence-corrected chi connectivity index (χ2v) is 5.51. The minimum atomic E-state index is 0.430. The van der Waals surface area contributed by atoms with Crippen molar-refractivity contribution in [3.05, 3.63) is 48.0 Å². The Bertz CT molecular complexity index is 442. The van der Waals surface area contributed by atoms with E-state index in [-0.39, 0.29) is 0 Å². The summed E-state index contributed by atoms with van der Waals surface area (Å²) in [6, 6.07) is 8.62. The molecular weight excluding hydrogens is 242 g/mol. The highest BCUT2D eigenvalue weighted by molar-refractivity contribution is 7.99. The van der Waals surface area contributed by atoms with E-state index in [4.69, 9.17) is 5.73 Å². The summed E-state index contributed by atoms with van der Waals surface area (Å²) < 4.78 is 0. The SMILES string of the molecule is C=CCNC(N)=NCC1SCCc2ccccc21. The standard InChI is InChI=1S/C14H19N3S/c1-2-8-16-14(15)17-10-13-12-6-4-3-5-11(12)7-9-18-13/h2-6,13H,1,7-10H2,(H3,15,16,17). The van der Waals surface area contributed by atoms with Gasteiger partial charge in [0.15, 0.2) is 5.96 Å². The normalized spacial score (nSPS) is 19.1. The molecule has 0 fully saturated rings. The van der Waals surface area contributed by atoms with Crippen LogP contribution in [-0.2, 0) is 6.42 Å². The zero-order valence-corrected chi connectivity index (χ0v) is 11.2. The third kappa shape index (κ3) is 3.29. The van der Waals surface area contributed by atoms with Crippen LogP contribution in [0.5, 0.6) is 0 Å². The van der Waals surface area contributed by atoms with Crippen LogP contribution in [0, 0.1) is 0 Å². The van der Waals surface area contributed by atoms with Crippen molar-refractivity contribution in [2.75, 3.05) is 18.8 Å². The van der Waals surface area contributed by atoms with Gasteiger partial charge in [0, 0.05) is 11.8 Å².